The Kier molecular flexibility index (Phi) is 3.46. The summed E-state index contributed by atoms with van der Waals surface area (Å²) in [5.74, 6) is 0. The summed E-state index contributed by atoms with van der Waals surface area (Å²) in [7, 11) is 0. The quantitative estimate of drug-likeness (QED) is 0.882. The maximum absolute atomic E-state index is 6.23. The molecule has 3 heteroatoms. The standard InChI is InChI=1S/C14H15ClN2/c1-9-3-4-10(2)12(7-9)14(16)13-6-5-11(15)8-17-13/h3-8,14H,16H2,1-2H3. The van der Waals surface area contributed by atoms with Crippen molar-refractivity contribution in [3.8, 4) is 0 Å². The minimum Gasteiger partial charge on any atom is -0.319 e. The highest BCUT2D eigenvalue weighted by atomic mass is 35.5. The molecule has 0 aliphatic heterocycles. The lowest BCUT2D eigenvalue weighted by molar-refractivity contribution is 0.820. The minimum absolute atomic E-state index is 0.202. The van der Waals surface area contributed by atoms with E-state index in [0.29, 0.717) is 5.02 Å². The summed E-state index contributed by atoms with van der Waals surface area (Å²) in [6, 6.07) is 9.76. The number of rotatable bonds is 2. The Balaban J connectivity index is 2.39. The molecule has 17 heavy (non-hydrogen) atoms. The van der Waals surface area contributed by atoms with Crippen LogP contribution < -0.4 is 5.73 Å². The zero-order chi connectivity index (χ0) is 12.4. The Labute approximate surface area is 106 Å². The number of nitrogens with zero attached hydrogens (tertiary/aromatic N) is 1. The SMILES string of the molecule is Cc1ccc(C)c(C(N)c2ccc(Cl)cn2)c1. The van der Waals surface area contributed by atoms with Gasteiger partial charge in [0.15, 0.2) is 0 Å². The molecule has 0 saturated heterocycles. The van der Waals surface area contributed by atoms with Crippen LogP contribution >= 0.6 is 11.6 Å². The van der Waals surface area contributed by atoms with E-state index in [2.05, 4.69) is 37.0 Å². The fraction of sp³-hybridized carbons (Fsp3) is 0.214. The monoisotopic (exact) mass is 246 g/mol. The van der Waals surface area contributed by atoms with E-state index in [1.165, 1.54) is 11.1 Å². The molecular weight excluding hydrogens is 232 g/mol. The van der Waals surface area contributed by atoms with Gasteiger partial charge in [0.2, 0.25) is 0 Å². The highest BCUT2D eigenvalue weighted by Crippen LogP contribution is 2.23. The van der Waals surface area contributed by atoms with Crippen LogP contribution in [0.1, 0.15) is 28.4 Å². The lowest BCUT2D eigenvalue weighted by Gasteiger charge is -2.15. The van der Waals surface area contributed by atoms with E-state index in [-0.39, 0.29) is 6.04 Å². The minimum atomic E-state index is -0.202. The van der Waals surface area contributed by atoms with Gasteiger partial charge < -0.3 is 5.73 Å². The van der Waals surface area contributed by atoms with Crippen LogP contribution in [-0.2, 0) is 0 Å². The predicted molar refractivity (Wildman–Crippen MR) is 71.2 cm³/mol. The third-order valence-corrected chi connectivity index (χ3v) is 3.06. The van der Waals surface area contributed by atoms with Gasteiger partial charge in [-0.25, -0.2) is 0 Å². The fourth-order valence-corrected chi connectivity index (χ4v) is 1.94. The largest absolute Gasteiger partial charge is 0.319 e. The van der Waals surface area contributed by atoms with Crippen LogP contribution in [-0.4, -0.2) is 4.98 Å². The summed E-state index contributed by atoms with van der Waals surface area (Å²) >= 11 is 5.82. The number of benzene rings is 1. The normalized spacial score (nSPS) is 12.5. The molecule has 0 aliphatic carbocycles. The Bertz CT molecular complexity index is 520. The van der Waals surface area contributed by atoms with E-state index in [0.717, 1.165) is 11.3 Å². The van der Waals surface area contributed by atoms with Crippen LogP contribution in [0, 0.1) is 13.8 Å². The molecule has 0 spiro atoms. The van der Waals surface area contributed by atoms with E-state index in [1.54, 1.807) is 6.20 Å². The highest BCUT2D eigenvalue weighted by molar-refractivity contribution is 6.30. The second kappa shape index (κ2) is 4.86. The van der Waals surface area contributed by atoms with Crippen LogP contribution in [0.2, 0.25) is 5.02 Å². The van der Waals surface area contributed by atoms with Gasteiger partial charge in [0.1, 0.15) is 0 Å². The first-order valence-electron chi connectivity index (χ1n) is 5.52. The first kappa shape index (κ1) is 12.1. The second-order valence-corrected chi connectivity index (χ2v) is 4.68. The smallest absolute Gasteiger partial charge is 0.0729 e. The number of pyridine rings is 1. The molecule has 2 rings (SSSR count). The van der Waals surface area contributed by atoms with Crippen LogP contribution in [0.15, 0.2) is 36.5 Å². The summed E-state index contributed by atoms with van der Waals surface area (Å²) in [6.45, 7) is 4.12. The third kappa shape index (κ3) is 2.65. The van der Waals surface area contributed by atoms with Crippen molar-refractivity contribution in [1.29, 1.82) is 0 Å². The molecule has 0 radical (unpaired) electrons. The number of aromatic nitrogens is 1. The van der Waals surface area contributed by atoms with Crippen LogP contribution in [0.25, 0.3) is 0 Å². The molecule has 1 heterocycles. The van der Waals surface area contributed by atoms with Gasteiger partial charge in [-0.2, -0.15) is 0 Å². The molecule has 1 atom stereocenters. The topological polar surface area (TPSA) is 38.9 Å². The number of hydrogen-bond acceptors (Lipinski definition) is 2. The zero-order valence-corrected chi connectivity index (χ0v) is 10.7. The van der Waals surface area contributed by atoms with Crippen molar-refractivity contribution in [1.82, 2.24) is 4.98 Å². The average molecular weight is 247 g/mol. The van der Waals surface area contributed by atoms with Crippen molar-refractivity contribution in [2.75, 3.05) is 0 Å². The van der Waals surface area contributed by atoms with E-state index in [9.17, 15) is 0 Å². The summed E-state index contributed by atoms with van der Waals surface area (Å²) in [4.78, 5) is 4.27. The van der Waals surface area contributed by atoms with E-state index in [1.807, 2.05) is 12.1 Å². The lowest BCUT2D eigenvalue weighted by Crippen LogP contribution is -2.14. The molecule has 0 bridgehead atoms. The Morgan fingerprint density at radius 1 is 1.18 bits per heavy atom. The molecule has 2 aromatic rings. The van der Waals surface area contributed by atoms with E-state index >= 15 is 0 Å². The molecule has 2 N–H and O–H groups in total. The van der Waals surface area contributed by atoms with Crippen molar-refractivity contribution < 1.29 is 0 Å². The Morgan fingerprint density at radius 3 is 2.59 bits per heavy atom. The fourth-order valence-electron chi connectivity index (χ4n) is 1.83. The van der Waals surface area contributed by atoms with Crippen molar-refractivity contribution in [2.24, 2.45) is 5.73 Å². The maximum atomic E-state index is 6.23. The van der Waals surface area contributed by atoms with Crippen molar-refractivity contribution in [2.45, 2.75) is 19.9 Å². The first-order valence-corrected chi connectivity index (χ1v) is 5.90. The van der Waals surface area contributed by atoms with Gasteiger partial charge in [0, 0.05) is 6.20 Å². The van der Waals surface area contributed by atoms with Gasteiger partial charge in [-0.15, -0.1) is 0 Å². The van der Waals surface area contributed by atoms with E-state index < -0.39 is 0 Å². The number of hydrogen-bond donors (Lipinski definition) is 1. The summed E-state index contributed by atoms with van der Waals surface area (Å²) < 4.78 is 0. The van der Waals surface area contributed by atoms with E-state index in [4.69, 9.17) is 17.3 Å². The van der Waals surface area contributed by atoms with Crippen molar-refractivity contribution in [3.05, 3.63) is 63.9 Å². The van der Waals surface area contributed by atoms with Gasteiger partial charge in [-0.05, 0) is 37.1 Å². The lowest BCUT2D eigenvalue weighted by atomic mass is 9.97. The van der Waals surface area contributed by atoms with Gasteiger partial charge in [0.05, 0.1) is 16.8 Å². The molecular formula is C14H15ClN2. The van der Waals surface area contributed by atoms with Crippen LogP contribution in [0.4, 0.5) is 0 Å². The van der Waals surface area contributed by atoms with Gasteiger partial charge in [0.25, 0.3) is 0 Å². The molecule has 2 nitrogen and oxygen atoms in total. The zero-order valence-electron chi connectivity index (χ0n) is 9.94. The molecule has 0 saturated carbocycles. The summed E-state index contributed by atoms with van der Waals surface area (Å²) in [6.07, 6.45) is 1.63. The number of aryl methyl sites for hydroxylation is 2. The molecule has 88 valence electrons. The predicted octanol–water partition coefficient (Wildman–Crippen LogP) is 3.40. The molecule has 1 unspecified atom stereocenters. The summed E-state index contributed by atoms with van der Waals surface area (Å²) in [5.41, 5.74) is 10.6. The molecule has 0 aliphatic rings. The van der Waals surface area contributed by atoms with Gasteiger partial charge in [-0.1, -0.05) is 35.4 Å². The first-order chi connectivity index (χ1) is 8.08. The van der Waals surface area contributed by atoms with Crippen molar-refractivity contribution in [3.63, 3.8) is 0 Å². The number of nitrogens with two attached hydrogens (primary N) is 1. The van der Waals surface area contributed by atoms with Gasteiger partial charge >= 0.3 is 0 Å². The van der Waals surface area contributed by atoms with Crippen LogP contribution in [0.3, 0.4) is 0 Å². The maximum Gasteiger partial charge on any atom is 0.0729 e. The second-order valence-electron chi connectivity index (χ2n) is 4.24. The molecule has 1 aromatic heterocycles. The Hall–Kier alpha value is -1.38. The molecule has 0 fully saturated rings. The average Bonchev–Trinajstić information content (AvgIpc) is 2.32. The highest BCUT2D eigenvalue weighted by Gasteiger charge is 2.12. The summed E-state index contributed by atoms with van der Waals surface area (Å²) in [5, 5.41) is 0.627. The molecule has 0 amide bonds. The van der Waals surface area contributed by atoms with Crippen molar-refractivity contribution >= 4 is 11.6 Å². The third-order valence-electron chi connectivity index (χ3n) is 2.84. The molecule has 1 aromatic carbocycles. The Morgan fingerprint density at radius 2 is 1.94 bits per heavy atom. The number of halogens is 1. The van der Waals surface area contributed by atoms with Crippen LogP contribution in [0.5, 0.6) is 0 Å². The van der Waals surface area contributed by atoms with Gasteiger partial charge in [-0.3, -0.25) is 4.98 Å².